The van der Waals surface area contributed by atoms with Crippen LogP contribution < -0.4 is 13.8 Å². The van der Waals surface area contributed by atoms with Gasteiger partial charge in [-0.25, -0.2) is 13.4 Å². The number of hydrogen-bond donors (Lipinski definition) is 3. The van der Waals surface area contributed by atoms with Crippen molar-refractivity contribution >= 4 is 32.6 Å². The normalized spacial score (nSPS) is 15.9. The number of phenolic OH excluding ortho intramolecular Hbond substituents is 2. The molecule has 0 aromatic heterocycles. The predicted octanol–water partition coefficient (Wildman–Crippen LogP) is 1.89. The number of carbonyl (C=O) groups excluding carboxylic acids is 1. The zero-order chi connectivity index (χ0) is 21.6. The van der Waals surface area contributed by atoms with Gasteiger partial charge < -0.3 is 14.9 Å². The van der Waals surface area contributed by atoms with Crippen molar-refractivity contribution in [2.24, 2.45) is 5.41 Å². The van der Waals surface area contributed by atoms with Crippen LogP contribution in [0.25, 0.3) is 10.8 Å². The van der Waals surface area contributed by atoms with E-state index in [0.717, 1.165) is 12.1 Å². The number of fused-ring (bicyclic) bond motifs is 1. The standard InChI is InChI=1S/C18H18FN3O6S/c1-18(2,9-20)3-4-28-14-7-11-10(5-12(14)23)6-13(24)17(16(11)19)22-8-15(25)21-29(22,26)27/h5-7,23-24H,3-4,8H2,1-2H3,(H,21,25). The lowest BCUT2D eigenvalue weighted by molar-refractivity contribution is -0.117. The van der Waals surface area contributed by atoms with Crippen LogP contribution in [0.1, 0.15) is 20.3 Å². The van der Waals surface area contributed by atoms with Gasteiger partial charge in [0.1, 0.15) is 18.0 Å². The Bertz CT molecular complexity index is 1160. The lowest BCUT2D eigenvalue weighted by atomic mass is 9.92. The number of rotatable bonds is 5. The number of nitriles is 1. The van der Waals surface area contributed by atoms with Gasteiger partial charge in [0.15, 0.2) is 17.3 Å². The molecule has 3 rings (SSSR count). The minimum atomic E-state index is -4.33. The van der Waals surface area contributed by atoms with Gasteiger partial charge in [-0.2, -0.15) is 13.7 Å². The minimum absolute atomic E-state index is 0.0692. The zero-order valence-corrected chi connectivity index (χ0v) is 16.4. The Hall–Kier alpha value is -3.26. The summed E-state index contributed by atoms with van der Waals surface area (Å²) in [5.74, 6) is -3.05. The van der Waals surface area contributed by atoms with Gasteiger partial charge in [0.2, 0.25) is 0 Å². The molecule has 9 nitrogen and oxygen atoms in total. The van der Waals surface area contributed by atoms with Gasteiger partial charge in [-0.3, -0.25) is 4.79 Å². The number of benzene rings is 2. The SMILES string of the molecule is CC(C)(C#N)CCOc1cc2c(F)c(N3CC(=O)NS3(=O)=O)c(O)cc2cc1O. The highest BCUT2D eigenvalue weighted by molar-refractivity contribution is 7.92. The summed E-state index contributed by atoms with van der Waals surface area (Å²) in [4.78, 5) is 11.4. The Balaban J connectivity index is 2.03. The average molecular weight is 423 g/mol. The van der Waals surface area contributed by atoms with Gasteiger partial charge >= 0.3 is 10.2 Å². The first-order chi connectivity index (χ1) is 13.4. The summed E-state index contributed by atoms with van der Waals surface area (Å²) in [6.07, 6.45) is 0.351. The summed E-state index contributed by atoms with van der Waals surface area (Å²) in [5, 5.41) is 29.3. The number of carbonyl (C=O) groups is 1. The van der Waals surface area contributed by atoms with Gasteiger partial charge in [-0.05, 0) is 43.9 Å². The predicted molar refractivity (Wildman–Crippen MR) is 101 cm³/mol. The van der Waals surface area contributed by atoms with E-state index < -0.39 is 45.3 Å². The van der Waals surface area contributed by atoms with Gasteiger partial charge in [0.05, 0.1) is 18.1 Å². The molecular formula is C18H18FN3O6S. The maximum absolute atomic E-state index is 15.1. The van der Waals surface area contributed by atoms with Crippen molar-refractivity contribution < 1.29 is 32.6 Å². The third kappa shape index (κ3) is 3.84. The quantitative estimate of drug-likeness (QED) is 0.667. The Morgan fingerprint density at radius 3 is 2.55 bits per heavy atom. The molecule has 0 radical (unpaired) electrons. The summed E-state index contributed by atoms with van der Waals surface area (Å²) >= 11 is 0. The monoisotopic (exact) mass is 423 g/mol. The Morgan fingerprint density at radius 2 is 1.97 bits per heavy atom. The van der Waals surface area contributed by atoms with Crippen LogP contribution >= 0.6 is 0 Å². The van der Waals surface area contributed by atoms with Crippen LogP contribution in [0.2, 0.25) is 0 Å². The molecular weight excluding hydrogens is 405 g/mol. The van der Waals surface area contributed by atoms with Crippen molar-refractivity contribution in [1.82, 2.24) is 4.72 Å². The largest absolute Gasteiger partial charge is 0.506 e. The van der Waals surface area contributed by atoms with Crippen molar-refractivity contribution in [2.75, 3.05) is 17.5 Å². The summed E-state index contributed by atoms with van der Waals surface area (Å²) in [5.41, 5.74) is -1.33. The van der Waals surface area contributed by atoms with Gasteiger partial charge in [0, 0.05) is 5.39 Å². The van der Waals surface area contributed by atoms with E-state index in [0.29, 0.717) is 10.7 Å². The second-order valence-corrected chi connectivity index (χ2v) is 8.83. The van der Waals surface area contributed by atoms with Crippen LogP contribution in [0.15, 0.2) is 18.2 Å². The highest BCUT2D eigenvalue weighted by Crippen LogP contribution is 2.41. The Morgan fingerprint density at radius 1 is 1.31 bits per heavy atom. The number of amides is 1. The molecule has 0 atom stereocenters. The van der Waals surface area contributed by atoms with E-state index in [9.17, 15) is 23.4 Å². The third-order valence-electron chi connectivity index (χ3n) is 4.47. The second-order valence-electron chi connectivity index (χ2n) is 7.23. The summed E-state index contributed by atoms with van der Waals surface area (Å²) in [6.45, 7) is 2.84. The van der Waals surface area contributed by atoms with Crippen molar-refractivity contribution in [2.45, 2.75) is 20.3 Å². The molecule has 1 aliphatic rings. The van der Waals surface area contributed by atoms with Crippen molar-refractivity contribution in [3.8, 4) is 23.3 Å². The lowest BCUT2D eigenvalue weighted by Gasteiger charge is -2.19. The number of halogens is 1. The first kappa shape index (κ1) is 20.5. The first-order valence-electron chi connectivity index (χ1n) is 8.51. The van der Waals surface area contributed by atoms with E-state index >= 15 is 4.39 Å². The average Bonchev–Trinajstić information content (AvgIpc) is 2.88. The van der Waals surface area contributed by atoms with E-state index in [4.69, 9.17) is 10.00 Å². The fourth-order valence-corrected chi connectivity index (χ4v) is 3.98. The second kappa shape index (κ2) is 6.97. The molecule has 0 unspecified atom stereocenters. The number of anilines is 1. The van der Waals surface area contributed by atoms with Crippen LogP contribution in [0.3, 0.4) is 0 Å². The fourth-order valence-electron chi connectivity index (χ4n) is 2.82. The van der Waals surface area contributed by atoms with Crippen LogP contribution in [0.4, 0.5) is 10.1 Å². The number of ether oxygens (including phenoxy) is 1. The molecule has 1 saturated heterocycles. The molecule has 0 bridgehead atoms. The van der Waals surface area contributed by atoms with Gasteiger partial charge in [-0.15, -0.1) is 0 Å². The molecule has 29 heavy (non-hydrogen) atoms. The maximum atomic E-state index is 15.1. The van der Waals surface area contributed by atoms with Crippen LogP contribution in [-0.2, 0) is 15.0 Å². The molecule has 11 heteroatoms. The molecule has 1 aliphatic heterocycles. The molecule has 1 heterocycles. The number of nitrogens with one attached hydrogen (secondary N) is 1. The highest BCUT2D eigenvalue weighted by Gasteiger charge is 2.38. The molecule has 2 aromatic carbocycles. The number of aromatic hydroxyl groups is 2. The van der Waals surface area contributed by atoms with Crippen molar-refractivity contribution in [1.29, 1.82) is 5.26 Å². The van der Waals surface area contributed by atoms with E-state index in [-0.39, 0.29) is 28.9 Å². The Kier molecular flexibility index (Phi) is 4.92. The van der Waals surface area contributed by atoms with Crippen LogP contribution in [0.5, 0.6) is 17.2 Å². The smallest absolute Gasteiger partial charge is 0.326 e. The molecule has 154 valence electrons. The molecule has 1 fully saturated rings. The van der Waals surface area contributed by atoms with Gasteiger partial charge in [0.25, 0.3) is 5.91 Å². The first-order valence-corrected chi connectivity index (χ1v) is 9.95. The zero-order valence-electron chi connectivity index (χ0n) is 15.6. The van der Waals surface area contributed by atoms with Gasteiger partial charge in [-0.1, -0.05) is 0 Å². The molecule has 3 N–H and O–H groups in total. The number of hydrogen-bond acceptors (Lipinski definition) is 7. The minimum Gasteiger partial charge on any atom is -0.506 e. The molecule has 1 amide bonds. The van der Waals surface area contributed by atoms with E-state index in [2.05, 4.69) is 6.07 Å². The van der Waals surface area contributed by atoms with Crippen LogP contribution in [-0.4, -0.2) is 37.7 Å². The third-order valence-corrected chi connectivity index (χ3v) is 5.84. The maximum Gasteiger partial charge on any atom is 0.326 e. The molecule has 0 saturated carbocycles. The fraction of sp³-hybridized carbons (Fsp3) is 0.333. The lowest BCUT2D eigenvalue weighted by Crippen LogP contribution is -2.30. The molecule has 0 aliphatic carbocycles. The van der Waals surface area contributed by atoms with E-state index in [1.807, 2.05) is 0 Å². The van der Waals surface area contributed by atoms with Crippen molar-refractivity contribution in [3.05, 3.63) is 24.0 Å². The van der Waals surface area contributed by atoms with Crippen LogP contribution in [0, 0.1) is 22.6 Å². The summed E-state index contributed by atoms with van der Waals surface area (Å²) in [6, 6.07) is 5.52. The molecule has 2 aromatic rings. The molecule has 0 spiro atoms. The van der Waals surface area contributed by atoms with Crippen molar-refractivity contribution in [3.63, 3.8) is 0 Å². The number of phenols is 2. The van der Waals surface area contributed by atoms with E-state index in [1.165, 1.54) is 6.07 Å². The van der Waals surface area contributed by atoms with E-state index in [1.54, 1.807) is 18.6 Å². The number of nitrogens with zero attached hydrogens (tertiary/aromatic N) is 2. The highest BCUT2D eigenvalue weighted by atomic mass is 32.2. The topological polar surface area (TPSA) is 140 Å². The Labute approximate surface area is 166 Å². The summed E-state index contributed by atoms with van der Waals surface area (Å²) in [7, 11) is -4.33. The summed E-state index contributed by atoms with van der Waals surface area (Å²) < 4.78 is 46.8.